The number of benzene rings is 2. The monoisotopic (exact) mass is 384 g/mol. The summed E-state index contributed by atoms with van der Waals surface area (Å²) in [4.78, 5) is 27.6. The molecule has 0 saturated carbocycles. The maximum atomic E-state index is 12.9. The van der Waals surface area contributed by atoms with Gasteiger partial charge in [0.15, 0.2) is 6.61 Å². The van der Waals surface area contributed by atoms with Crippen molar-refractivity contribution in [2.45, 2.75) is 6.61 Å². The van der Waals surface area contributed by atoms with E-state index in [-0.39, 0.29) is 31.5 Å². The lowest BCUT2D eigenvalue weighted by Gasteiger charge is -2.07. The third kappa shape index (κ3) is 5.66. The molecule has 1 amide bonds. The lowest BCUT2D eigenvalue weighted by atomic mass is 10.2. The average Bonchev–Trinajstić information content (AvgIpc) is 3.19. The minimum Gasteiger partial charge on any atom is -0.484 e. The second kappa shape index (κ2) is 9.31. The molecule has 1 heterocycles. The van der Waals surface area contributed by atoms with Crippen molar-refractivity contribution in [1.82, 2.24) is 10.3 Å². The van der Waals surface area contributed by atoms with Crippen molar-refractivity contribution >= 4 is 11.9 Å². The zero-order valence-corrected chi connectivity index (χ0v) is 14.8. The molecule has 0 aliphatic rings. The number of oxazole rings is 1. The number of esters is 1. The van der Waals surface area contributed by atoms with Gasteiger partial charge >= 0.3 is 5.97 Å². The van der Waals surface area contributed by atoms with Crippen molar-refractivity contribution in [3.05, 3.63) is 72.4 Å². The average molecular weight is 384 g/mol. The number of rotatable bonds is 8. The number of carbonyl (C=O) groups excluding carboxylic acids is 2. The predicted octanol–water partition coefficient (Wildman–Crippen LogP) is 2.72. The Bertz CT molecular complexity index is 925. The number of para-hydroxylation sites is 1. The first-order chi connectivity index (χ1) is 13.6. The Kier molecular flexibility index (Phi) is 6.35. The molecule has 0 aliphatic heterocycles. The van der Waals surface area contributed by atoms with Gasteiger partial charge in [0.1, 0.15) is 36.7 Å². The first-order valence-electron chi connectivity index (χ1n) is 8.40. The molecule has 0 radical (unpaired) electrons. The Hall–Kier alpha value is -3.68. The van der Waals surface area contributed by atoms with Crippen molar-refractivity contribution in [2.24, 2.45) is 0 Å². The molecule has 0 aliphatic carbocycles. The predicted molar refractivity (Wildman–Crippen MR) is 96.6 cm³/mol. The number of ether oxygens (including phenoxy) is 2. The standard InChI is InChI=1S/C20H17FN2O5/c21-15-8-6-14(7-9-15)20-23-16(12-28-20)11-27-19(25)10-22-18(24)13-26-17-4-2-1-3-5-17/h1-9,12H,10-11,13H2,(H,22,24). The third-order valence-corrected chi connectivity index (χ3v) is 3.57. The van der Waals surface area contributed by atoms with Crippen LogP contribution in [-0.2, 0) is 20.9 Å². The fourth-order valence-electron chi connectivity index (χ4n) is 2.19. The van der Waals surface area contributed by atoms with Gasteiger partial charge in [-0.05, 0) is 36.4 Å². The van der Waals surface area contributed by atoms with Crippen LogP contribution in [0.25, 0.3) is 11.5 Å². The zero-order valence-electron chi connectivity index (χ0n) is 14.8. The summed E-state index contributed by atoms with van der Waals surface area (Å²) in [5.74, 6) is -0.582. The summed E-state index contributed by atoms with van der Waals surface area (Å²) in [7, 11) is 0. The minimum absolute atomic E-state index is 0.111. The lowest BCUT2D eigenvalue weighted by molar-refractivity contribution is -0.145. The molecule has 0 fully saturated rings. The molecule has 7 nitrogen and oxygen atoms in total. The molecular formula is C20H17FN2O5. The van der Waals surface area contributed by atoms with Crippen LogP contribution in [0.3, 0.4) is 0 Å². The van der Waals surface area contributed by atoms with E-state index in [2.05, 4.69) is 10.3 Å². The maximum absolute atomic E-state index is 12.9. The number of hydrogen-bond donors (Lipinski definition) is 1. The van der Waals surface area contributed by atoms with E-state index >= 15 is 0 Å². The van der Waals surface area contributed by atoms with Gasteiger partial charge < -0.3 is 19.2 Å². The molecule has 0 spiro atoms. The number of aromatic nitrogens is 1. The topological polar surface area (TPSA) is 90.7 Å². The molecule has 8 heteroatoms. The largest absolute Gasteiger partial charge is 0.484 e. The first-order valence-corrected chi connectivity index (χ1v) is 8.40. The van der Waals surface area contributed by atoms with Crippen LogP contribution >= 0.6 is 0 Å². The molecule has 28 heavy (non-hydrogen) atoms. The SMILES string of the molecule is O=C(COc1ccccc1)NCC(=O)OCc1coc(-c2ccc(F)cc2)n1. The Morgan fingerprint density at radius 1 is 1.07 bits per heavy atom. The molecule has 2 aromatic carbocycles. The van der Waals surface area contributed by atoms with E-state index in [0.717, 1.165) is 0 Å². The van der Waals surface area contributed by atoms with Crippen LogP contribution in [0.2, 0.25) is 0 Å². The Labute approximate surface area is 160 Å². The van der Waals surface area contributed by atoms with Crippen molar-refractivity contribution in [3.63, 3.8) is 0 Å². The normalized spacial score (nSPS) is 10.3. The van der Waals surface area contributed by atoms with Gasteiger partial charge in [0.05, 0.1) is 0 Å². The highest BCUT2D eigenvalue weighted by Gasteiger charge is 2.11. The van der Waals surface area contributed by atoms with Gasteiger partial charge in [0, 0.05) is 5.56 Å². The number of hydrogen-bond acceptors (Lipinski definition) is 6. The third-order valence-electron chi connectivity index (χ3n) is 3.57. The zero-order chi connectivity index (χ0) is 19.8. The second-order valence-electron chi connectivity index (χ2n) is 5.69. The summed E-state index contributed by atoms with van der Waals surface area (Å²) in [6.07, 6.45) is 1.35. The molecule has 144 valence electrons. The molecular weight excluding hydrogens is 367 g/mol. The van der Waals surface area contributed by atoms with Gasteiger partial charge in [-0.3, -0.25) is 9.59 Å². The molecule has 3 aromatic rings. The Morgan fingerprint density at radius 3 is 2.57 bits per heavy atom. The second-order valence-corrected chi connectivity index (χ2v) is 5.69. The molecule has 0 saturated heterocycles. The van der Waals surface area contributed by atoms with Crippen LogP contribution in [0, 0.1) is 5.82 Å². The van der Waals surface area contributed by atoms with Gasteiger partial charge in [-0.2, -0.15) is 0 Å². The smallest absolute Gasteiger partial charge is 0.325 e. The summed E-state index contributed by atoms with van der Waals surface area (Å²) in [5.41, 5.74) is 0.996. The van der Waals surface area contributed by atoms with Crippen LogP contribution in [0.4, 0.5) is 4.39 Å². The van der Waals surface area contributed by atoms with Crippen molar-refractivity contribution < 1.29 is 27.9 Å². The van der Waals surface area contributed by atoms with Crippen LogP contribution < -0.4 is 10.1 Å². The van der Waals surface area contributed by atoms with Gasteiger partial charge in [0.2, 0.25) is 5.89 Å². The molecule has 1 aromatic heterocycles. The van der Waals surface area contributed by atoms with E-state index in [9.17, 15) is 14.0 Å². The van der Waals surface area contributed by atoms with E-state index < -0.39 is 11.9 Å². The highest BCUT2D eigenvalue weighted by Crippen LogP contribution is 2.19. The Morgan fingerprint density at radius 2 is 1.82 bits per heavy atom. The van der Waals surface area contributed by atoms with E-state index in [1.54, 1.807) is 24.3 Å². The van der Waals surface area contributed by atoms with Gasteiger partial charge in [-0.15, -0.1) is 0 Å². The molecule has 3 rings (SSSR count). The quantitative estimate of drug-likeness (QED) is 0.601. The molecule has 0 unspecified atom stereocenters. The highest BCUT2D eigenvalue weighted by molar-refractivity contribution is 5.82. The summed E-state index contributed by atoms with van der Waals surface area (Å²) in [6.45, 7) is -0.610. The summed E-state index contributed by atoms with van der Waals surface area (Å²) < 4.78 is 28.5. The molecule has 1 N–H and O–H groups in total. The molecule has 0 atom stereocenters. The van der Waals surface area contributed by atoms with E-state index in [1.165, 1.54) is 30.5 Å². The first kappa shape index (κ1) is 19.1. The van der Waals surface area contributed by atoms with Crippen molar-refractivity contribution in [1.29, 1.82) is 0 Å². The van der Waals surface area contributed by atoms with Gasteiger partial charge in [-0.1, -0.05) is 18.2 Å². The molecule has 0 bridgehead atoms. The Balaban J connectivity index is 1.38. The highest BCUT2D eigenvalue weighted by atomic mass is 19.1. The van der Waals surface area contributed by atoms with E-state index in [0.29, 0.717) is 17.0 Å². The number of nitrogens with one attached hydrogen (secondary N) is 1. The maximum Gasteiger partial charge on any atom is 0.325 e. The lowest BCUT2D eigenvalue weighted by Crippen LogP contribution is -2.34. The number of amides is 1. The minimum atomic E-state index is -0.626. The fraction of sp³-hybridized carbons (Fsp3) is 0.150. The number of carbonyl (C=O) groups is 2. The van der Waals surface area contributed by atoms with E-state index in [1.807, 2.05) is 6.07 Å². The van der Waals surface area contributed by atoms with Gasteiger partial charge in [-0.25, -0.2) is 9.37 Å². The summed E-state index contributed by atoms with van der Waals surface area (Å²) >= 11 is 0. The number of nitrogens with zero attached hydrogens (tertiary/aromatic N) is 1. The summed E-state index contributed by atoms with van der Waals surface area (Å²) in [5, 5.41) is 2.41. The fourth-order valence-corrected chi connectivity index (χ4v) is 2.19. The summed E-state index contributed by atoms with van der Waals surface area (Å²) in [6, 6.07) is 14.5. The van der Waals surface area contributed by atoms with Crippen LogP contribution in [0.1, 0.15) is 5.69 Å². The van der Waals surface area contributed by atoms with Crippen LogP contribution in [0.5, 0.6) is 5.75 Å². The number of halogens is 1. The van der Waals surface area contributed by atoms with E-state index in [4.69, 9.17) is 13.9 Å². The van der Waals surface area contributed by atoms with Crippen molar-refractivity contribution in [3.8, 4) is 17.2 Å². The van der Waals surface area contributed by atoms with Crippen molar-refractivity contribution in [2.75, 3.05) is 13.2 Å². The van der Waals surface area contributed by atoms with Crippen LogP contribution in [0.15, 0.2) is 65.3 Å². The van der Waals surface area contributed by atoms with Crippen LogP contribution in [-0.4, -0.2) is 30.0 Å². The van der Waals surface area contributed by atoms with Gasteiger partial charge in [0.25, 0.3) is 5.91 Å².